The van der Waals surface area contributed by atoms with Crippen molar-refractivity contribution in [2.24, 2.45) is 11.8 Å². The van der Waals surface area contributed by atoms with Crippen molar-refractivity contribution in [3.05, 3.63) is 11.1 Å². The van der Waals surface area contributed by atoms with E-state index in [4.69, 9.17) is 0 Å². The van der Waals surface area contributed by atoms with Crippen molar-refractivity contribution in [1.29, 1.82) is 0 Å². The summed E-state index contributed by atoms with van der Waals surface area (Å²) in [7, 11) is 2.26. The van der Waals surface area contributed by atoms with Crippen molar-refractivity contribution < 1.29 is 0 Å². The van der Waals surface area contributed by atoms with E-state index in [-0.39, 0.29) is 0 Å². The van der Waals surface area contributed by atoms with Crippen molar-refractivity contribution in [1.82, 2.24) is 4.90 Å². The van der Waals surface area contributed by atoms with Gasteiger partial charge in [-0.05, 0) is 84.3 Å². The highest BCUT2D eigenvalue weighted by molar-refractivity contribution is 5.12. The minimum atomic E-state index is 1.04. The lowest BCUT2D eigenvalue weighted by Crippen LogP contribution is -2.34. The van der Waals surface area contributed by atoms with Gasteiger partial charge in [-0.3, -0.25) is 0 Å². The van der Waals surface area contributed by atoms with Gasteiger partial charge in [0.1, 0.15) is 0 Å². The maximum Gasteiger partial charge on any atom is -0.00190 e. The highest BCUT2D eigenvalue weighted by atomic mass is 15.1. The fraction of sp³-hybridized carbons (Fsp3) is 0.867. The van der Waals surface area contributed by atoms with Gasteiger partial charge in [-0.15, -0.1) is 0 Å². The number of nitrogens with zero attached hydrogens (tertiary/aromatic N) is 1. The number of rotatable bonds is 1. The SMILES string of the molecule is CC(C)=C1CCC(C2CCN(C)CC2)CC1. The highest BCUT2D eigenvalue weighted by Gasteiger charge is 2.27. The van der Waals surface area contributed by atoms with Crippen LogP contribution in [0.2, 0.25) is 0 Å². The minimum Gasteiger partial charge on any atom is -0.306 e. The van der Waals surface area contributed by atoms with Gasteiger partial charge in [0.25, 0.3) is 0 Å². The molecule has 1 heterocycles. The molecule has 1 aliphatic carbocycles. The molecule has 0 bridgehead atoms. The van der Waals surface area contributed by atoms with Gasteiger partial charge in [-0.1, -0.05) is 11.1 Å². The Morgan fingerprint density at radius 2 is 1.44 bits per heavy atom. The third-order valence-electron chi connectivity index (χ3n) is 4.77. The summed E-state index contributed by atoms with van der Waals surface area (Å²) in [6, 6.07) is 0. The standard InChI is InChI=1S/C15H27N/c1-12(2)13-4-6-14(7-5-13)15-8-10-16(3)11-9-15/h14-15H,4-11H2,1-3H3. The average molecular weight is 221 g/mol. The predicted molar refractivity (Wildman–Crippen MR) is 70.6 cm³/mol. The lowest BCUT2D eigenvalue weighted by molar-refractivity contribution is 0.153. The zero-order valence-electron chi connectivity index (χ0n) is 11.3. The molecule has 0 atom stereocenters. The summed E-state index contributed by atoms with van der Waals surface area (Å²) in [4.78, 5) is 2.49. The molecule has 0 aromatic rings. The smallest absolute Gasteiger partial charge is 0.00190 e. The summed E-state index contributed by atoms with van der Waals surface area (Å²) in [5.74, 6) is 2.08. The Hall–Kier alpha value is -0.300. The van der Waals surface area contributed by atoms with Crippen LogP contribution in [0.1, 0.15) is 52.4 Å². The molecule has 2 rings (SSSR count). The summed E-state index contributed by atoms with van der Waals surface area (Å²) >= 11 is 0. The van der Waals surface area contributed by atoms with Gasteiger partial charge < -0.3 is 4.90 Å². The summed E-state index contributed by atoms with van der Waals surface area (Å²) in [5.41, 5.74) is 3.34. The van der Waals surface area contributed by atoms with Crippen molar-refractivity contribution in [3.63, 3.8) is 0 Å². The van der Waals surface area contributed by atoms with E-state index in [0.29, 0.717) is 0 Å². The first-order valence-corrected chi connectivity index (χ1v) is 7.00. The fourth-order valence-corrected chi connectivity index (χ4v) is 3.46. The molecule has 0 spiro atoms. The van der Waals surface area contributed by atoms with Crippen LogP contribution in [0.3, 0.4) is 0 Å². The Balaban J connectivity index is 1.83. The zero-order chi connectivity index (χ0) is 11.5. The molecule has 1 aliphatic heterocycles. The maximum atomic E-state index is 2.49. The van der Waals surface area contributed by atoms with Gasteiger partial charge >= 0.3 is 0 Å². The van der Waals surface area contributed by atoms with E-state index >= 15 is 0 Å². The summed E-state index contributed by atoms with van der Waals surface area (Å²) < 4.78 is 0. The normalized spacial score (nSPS) is 29.4. The van der Waals surface area contributed by atoms with Crippen LogP contribution in [0.15, 0.2) is 11.1 Å². The number of piperidine rings is 1. The first kappa shape index (κ1) is 12.2. The van der Waals surface area contributed by atoms with Gasteiger partial charge in [0.15, 0.2) is 0 Å². The maximum absolute atomic E-state index is 2.49. The van der Waals surface area contributed by atoms with Gasteiger partial charge in [-0.25, -0.2) is 0 Å². The molecular weight excluding hydrogens is 194 g/mol. The first-order chi connectivity index (χ1) is 7.66. The van der Waals surface area contributed by atoms with E-state index in [1.807, 2.05) is 0 Å². The second-order valence-corrected chi connectivity index (χ2v) is 6.08. The van der Waals surface area contributed by atoms with Crippen LogP contribution in [0.5, 0.6) is 0 Å². The lowest BCUT2D eigenvalue weighted by atomic mass is 9.74. The molecule has 0 N–H and O–H groups in total. The van der Waals surface area contributed by atoms with Crippen LogP contribution in [0.4, 0.5) is 0 Å². The molecular formula is C15H27N. The van der Waals surface area contributed by atoms with Crippen molar-refractivity contribution in [2.45, 2.75) is 52.4 Å². The first-order valence-electron chi connectivity index (χ1n) is 7.00. The Morgan fingerprint density at radius 3 is 1.94 bits per heavy atom. The Bertz CT molecular complexity index is 245. The second kappa shape index (κ2) is 5.35. The average Bonchev–Trinajstić information content (AvgIpc) is 2.30. The molecule has 92 valence electrons. The monoisotopic (exact) mass is 221 g/mol. The van der Waals surface area contributed by atoms with E-state index in [9.17, 15) is 0 Å². The van der Waals surface area contributed by atoms with E-state index in [1.165, 1.54) is 51.6 Å². The molecule has 0 aromatic heterocycles. The fourth-order valence-electron chi connectivity index (χ4n) is 3.46. The van der Waals surface area contributed by atoms with E-state index < -0.39 is 0 Å². The number of allylic oxidation sites excluding steroid dienone is 2. The van der Waals surface area contributed by atoms with Crippen molar-refractivity contribution >= 4 is 0 Å². The molecule has 0 aromatic carbocycles. The second-order valence-electron chi connectivity index (χ2n) is 6.08. The Morgan fingerprint density at radius 1 is 0.938 bits per heavy atom. The van der Waals surface area contributed by atoms with Crippen molar-refractivity contribution in [2.75, 3.05) is 20.1 Å². The number of hydrogen-bond donors (Lipinski definition) is 0. The van der Waals surface area contributed by atoms with Gasteiger partial charge in [0, 0.05) is 0 Å². The minimum absolute atomic E-state index is 1.04. The number of hydrogen-bond acceptors (Lipinski definition) is 1. The van der Waals surface area contributed by atoms with Crippen LogP contribution in [-0.4, -0.2) is 25.0 Å². The molecule has 16 heavy (non-hydrogen) atoms. The van der Waals surface area contributed by atoms with Crippen molar-refractivity contribution in [3.8, 4) is 0 Å². The summed E-state index contributed by atoms with van der Waals surface area (Å²) in [5, 5.41) is 0. The molecule has 1 saturated heterocycles. The Kier molecular flexibility index (Phi) is 4.07. The zero-order valence-corrected chi connectivity index (χ0v) is 11.3. The molecule has 1 nitrogen and oxygen atoms in total. The molecule has 2 fully saturated rings. The van der Waals surface area contributed by atoms with Crippen LogP contribution in [-0.2, 0) is 0 Å². The van der Waals surface area contributed by atoms with E-state index in [0.717, 1.165) is 11.8 Å². The summed E-state index contributed by atoms with van der Waals surface area (Å²) in [6.45, 7) is 7.23. The van der Waals surface area contributed by atoms with Crippen LogP contribution < -0.4 is 0 Å². The topological polar surface area (TPSA) is 3.24 Å². The largest absolute Gasteiger partial charge is 0.306 e. The van der Waals surface area contributed by atoms with Crippen LogP contribution >= 0.6 is 0 Å². The van der Waals surface area contributed by atoms with Gasteiger partial charge in [0.05, 0.1) is 0 Å². The van der Waals surface area contributed by atoms with Gasteiger partial charge in [-0.2, -0.15) is 0 Å². The third kappa shape index (κ3) is 2.88. The summed E-state index contributed by atoms with van der Waals surface area (Å²) in [6.07, 6.45) is 8.61. The Labute approximate surface area is 101 Å². The number of likely N-dealkylation sites (tertiary alicyclic amines) is 1. The van der Waals surface area contributed by atoms with Crippen LogP contribution in [0, 0.1) is 11.8 Å². The molecule has 0 unspecified atom stereocenters. The molecule has 1 saturated carbocycles. The van der Waals surface area contributed by atoms with Gasteiger partial charge in [0.2, 0.25) is 0 Å². The third-order valence-corrected chi connectivity index (χ3v) is 4.77. The quantitative estimate of drug-likeness (QED) is 0.608. The molecule has 0 amide bonds. The predicted octanol–water partition coefficient (Wildman–Crippen LogP) is 3.85. The highest BCUT2D eigenvalue weighted by Crippen LogP contribution is 2.38. The molecule has 0 radical (unpaired) electrons. The van der Waals surface area contributed by atoms with Crippen LogP contribution in [0.25, 0.3) is 0 Å². The lowest BCUT2D eigenvalue weighted by Gasteiger charge is -2.37. The van der Waals surface area contributed by atoms with E-state index in [1.54, 1.807) is 11.1 Å². The molecule has 1 heteroatoms. The van der Waals surface area contributed by atoms with E-state index in [2.05, 4.69) is 25.8 Å². The molecule has 2 aliphatic rings.